The van der Waals surface area contributed by atoms with Gasteiger partial charge in [0.15, 0.2) is 5.78 Å². The zero-order valence-corrected chi connectivity index (χ0v) is 9.32. The van der Waals surface area contributed by atoms with Crippen molar-refractivity contribution in [3.8, 4) is 0 Å². The van der Waals surface area contributed by atoms with E-state index in [0.717, 1.165) is 24.2 Å². The number of hydrogen-bond donors (Lipinski definition) is 0. The standard InChI is InChI=1S/C12H17NO2/c1-7-6-15-10-5-8-3-4-9(13(8)2)11(10)12(7)14/h7-9H,3-6H2,1-2H3/t7-,8+,9-/m0/s1. The Morgan fingerprint density at radius 1 is 1.40 bits per heavy atom. The maximum absolute atomic E-state index is 12.1. The highest BCUT2D eigenvalue weighted by Gasteiger charge is 2.45. The van der Waals surface area contributed by atoms with Gasteiger partial charge in [-0.05, 0) is 19.9 Å². The molecule has 15 heavy (non-hydrogen) atoms. The Labute approximate surface area is 90.1 Å². The summed E-state index contributed by atoms with van der Waals surface area (Å²) >= 11 is 0. The number of hydrogen-bond acceptors (Lipinski definition) is 3. The molecule has 0 aromatic rings. The summed E-state index contributed by atoms with van der Waals surface area (Å²) < 4.78 is 5.73. The zero-order chi connectivity index (χ0) is 10.6. The molecular weight excluding hydrogens is 190 g/mol. The van der Waals surface area contributed by atoms with Crippen molar-refractivity contribution in [3.05, 3.63) is 11.3 Å². The topological polar surface area (TPSA) is 29.5 Å². The van der Waals surface area contributed by atoms with Gasteiger partial charge in [-0.1, -0.05) is 6.92 Å². The van der Waals surface area contributed by atoms with Gasteiger partial charge in [-0.2, -0.15) is 0 Å². The molecule has 0 amide bonds. The van der Waals surface area contributed by atoms with Crippen LogP contribution in [0, 0.1) is 5.92 Å². The van der Waals surface area contributed by atoms with E-state index in [4.69, 9.17) is 4.74 Å². The summed E-state index contributed by atoms with van der Waals surface area (Å²) in [5.41, 5.74) is 0.991. The highest BCUT2D eigenvalue weighted by atomic mass is 16.5. The highest BCUT2D eigenvalue weighted by molar-refractivity contribution is 5.99. The quantitative estimate of drug-likeness (QED) is 0.600. The molecule has 3 aliphatic heterocycles. The van der Waals surface area contributed by atoms with E-state index >= 15 is 0 Å². The highest BCUT2D eigenvalue weighted by Crippen LogP contribution is 2.41. The Kier molecular flexibility index (Phi) is 1.93. The van der Waals surface area contributed by atoms with Crippen molar-refractivity contribution in [1.82, 2.24) is 4.90 Å². The molecule has 3 atom stereocenters. The van der Waals surface area contributed by atoms with E-state index in [-0.39, 0.29) is 5.92 Å². The monoisotopic (exact) mass is 207 g/mol. The number of likely N-dealkylation sites (N-methyl/N-ethyl adjacent to an activating group) is 1. The van der Waals surface area contributed by atoms with E-state index in [2.05, 4.69) is 11.9 Å². The van der Waals surface area contributed by atoms with E-state index in [1.807, 2.05) is 6.92 Å². The molecule has 0 unspecified atom stereocenters. The predicted octanol–water partition coefficient (Wildman–Crippen LogP) is 1.34. The van der Waals surface area contributed by atoms with E-state index in [0.29, 0.717) is 24.5 Å². The zero-order valence-electron chi connectivity index (χ0n) is 9.32. The van der Waals surface area contributed by atoms with E-state index in [9.17, 15) is 4.79 Å². The first kappa shape index (κ1) is 9.40. The maximum atomic E-state index is 12.1. The number of fused-ring (bicyclic) bond motifs is 3. The molecule has 0 radical (unpaired) electrons. The summed E-state index contributed by atoms with van der Waals surface area (Å²) in [6, 6.07) is 0.948. The average Bonchev–Trinajstić information content (AvgIpc) is 2.49. The Morgan fingerprint density at radius 3 is 3.00 bits per heavy atom. The smallest absolute Gasteiger partial charge is 0.170 e. The summed E-state index contributed by atoms with van der Waals surface area (Å²) in [5, 5.41) is 0. The molecule has 1 saturated heterocycles. The molecule has 0 spiro atoms. The average molecular weight is 207 g/mol. The van der Waals surface area contributed by atoms with Crippen molar-refractivity contribution >= 4 is 5.78 Å². The molecule has 0 N–H and O–H groups in total. The number of Topliss-reactive ketones (excluding diaryl/α,β-unsaturated/α-hetero) is 1. The van der Waals surface area contributed by atoms with Crippen molar-refractivity contribution in [2.75, 3.05) is 13.7 Å². The van der Waals surface area contributed by atoms with Gasteiger partial charge in [0, 0.05) is 18.5 Å². The molecule has 3 nitrogen and oxygen atoms in total. The third-order valence-electron chi connectivity index (χ3n) is 4.12. The molecular formula is C12H17NO2. The predicted molar refractivity (Wildman–Crippen MR) is 56.3 cm³/mol. The van der Waals surface area contributed by atoms with Gasteiger partial charge in [-0.15, -0.1) is 0 Å². The van der Waals surface area contributed by atoms with Crippen LogP contribution in [0.3, 0.4) is 0 Å². The Hall–Kier alpha value is -0.830. The Bertz CT molecular complexity index is 348. The molecule has 0 aliphatic carbocycles. The number of ether oxygens (including phenoxy) is 1. The lowest BCUT2D eigenvalue weighted by atomic mass is 9.88. The summed E-state index contributed by atoms with van der Waals surface area (Å²) in [6.45, 7) is 2.55. The SMILES string of the molecule is C[C@H]1COC2=C(C1=O)[C@@H]1CC[C@H](C2)N1C. The van der Waals surface area contributed by atoms with Gasteiger partial charge in [0.1, 0.15) is 5.76 Å². The molecule has 3 heteroatoms. The number of nitrogens with zero attached hydrogens (tertiary/aromatic N) is 1. The number of ketones is 1. The second kappa shape index (κ2) is 3.08. The lowest BCUT2D eigenvalue weighted by molar-refractivity contribution is -0.123. The Balaban J connectivity index is 2.03. The molecule has 0 saturated carbocycles. The molecule has 0 aromatic carbocycles. The van der Waals surface area contributed by atoms with E-state index in [1.54, 1.807) is 0 Å². The fourth-order valence-corrected chi connectivity index (χ4v) is 3.12. The van der Waals surface area contributed by atoms with Crippen LogP contribution in [0.15, 0.2) is 11.3 Å². The van der Waals surface area contributed by atoms with Gasteiger partial charge in [-0.3, -0.25) is 9.69 Å². The van der Waals surface area contributed by atoms with Gasteiger partial charge in [0.2, 0.25) is 0 Å². The van der Waals surface area contributed by atoms with Crippen LogP contribution in [0.2, 0.25) is 0 Å². The van der Waals surface area contributed by atoms with Crippen molar-refractivity contribution in [2.24, 2.45) is 5.92 Å². The molecule has 2 bridgehead atoms. The summed E-state index contributed by atoms with van der Waals surface area (Å²) in [7, 11) is 2.14. The van der Waals surface area contributed by atoms with Crippen LogP contribution in [0.1, 0.15) is 26.2 Å². The van der Waals surface area contributed by atoms with Crippen molar-refractivity contribution < 1.29 is 9.53 Å². The first-order valence-corrected chi connectivity index (χ1v) is 5.80. The molecule has 3 heterocycles. The first-order chi connectivity index (χ1) is 7.18. The lowest BCUT2D eigenvalue weighted by Crippen LogP contribution is -2.44. The summed E-state index contributed by atoms with van der Waals surface area (Å²) in [4.78, 5) is 14.5. The maximum Gasteiger partial charge on any atom is 0.170 e. The van der Waals surface area contributed by atoms with Gasteiger partial charge >= 0.3 is 0 Å². The van der Waals surface area contributed by atoms with Gasteiger partial charge in [-0.25, -0.2) is 0 Å². The van der Waals surface area contributed by atoms with Crippen molar-refractivity contribution in [1.29, 1.82) is 0 Å². The normalized spacial score (nSPS) is 40.4. The Morgan fingerprint density at radius 2 is 2.20 bits per heavy atom. The van der Waals surface area contributed by atoms with E-state index in [1.165, 1.54) is 6.42 Å². The molecule has 0 aromatic heterocycles. The van der Waals surface area contributed by atoms with Crippen LogP contribution < -0.4 is 0 Å². The third-order valence-corrected chi connectivity index (χ3v) is 4.12. The lowest BCUT2D eigenvalue weighted by Gasteiger charge is -2.37. The second-order valence-electron chi connectivity index (χ2n) is 5.03. The van der Waals surface area contributed by atoms with E-state index < -0.39 is 0 Å². The molecule has 82 valence electrons. The minimum atomic E-state index is 0.0503. The van der Waals surface area contributed by atoms with Gasteiger partial charge in [0.05, 0.1) is 18.1 Å². The third kappa shape index (κ3) is 1.19. The van der Waals surface area contributed by atoms with Crippen LogP contribution in [0.5, 0.6) is 0 Å². The van der Waals surface area contributed by atoms with Gasteiger partial charge in [0.25, 0.3) is 0 Å². The summed E-state index contributed by atoms with van der Waals surface area (Å²) in [6.07, 6.45) is 3.28. The number of rotatable bonds is 0. The summed E-state index contributed by atoms with van der Waals surface area (Å²) in [5.74, 6) is 1.38. The second-order valence-corrected chi connectivity index (χ2v) is 5.03. The first-order valence-electron chi connectivity index (χ1n) is 5.80. The minimum absolute atomic E-state index is 0.0503. The minimum Gasteiger partial charge on any atom is -0.497 e. The van der Waals surface area contributed by atoms with Crippen LogP contribution in [0.4, 0.5) is 0 Å². The largest absolute Gasteiger partial charge is 0.497 e. The fraction of sp³-hybridized carbons (Fsp3) is 0.750. The molecule has 1 fully saturated rings. The van der Waals surface area contributed by atoms with Crippen molar-refractivity contribution in [2.45, 2.75) is 38.3 Å². The van der Waals surface area contributed by atoms with Gasteiger partial charge < -0.3 is 4.74 Å². The molecule has 3 rings (SSSR count). The van der Waals surface area contributed by atoms with Crippen LogP contribution in [-0.4, -0.2) is 36.4 Å². The van der Waals surface area contributed by atoms with Crippen molar-refractivity contribution in [3.63, 3.8) is 0 Å². The van der Waals surface area contributed by atoms with Crippen LogP contribution in [-0.2, 0) is 9.53 Å². The fourth-order valence-electron chi connectivity index (χ4n) is 3.12. The van der Waals surface area contributed by atoms with Crippen LogP contribution in [0.25, 0.3) is 0 Å². The molecule has 3 aliphatic rings. The number of carbonyl (C=O) groups is 1. The van der Waals surface area contributed by atoms with Crippen LogP contribution >= 0.6 is 0 Å². The number of carbonyl (C=O) groups excluding carboxylic acids is 1.